The Morgan fingerprint density at radius 1 is 1.05 bits per heavy atom. The first-order chi connectivity index (χ1) is 21.2. The van der Waals surface area contributed by atoms with Crippen LogP contribution in [0.3, 0.4) is 0 Å². The second-order valence-electron chi connectivity index (χ2n) is 11.7. The smallest absolute Gasteiger partial charge is 0.240 e. The molecule has 6 rings (SSSR count). The van der Waals surface area contributed by atoms with Crippen molar-refractivity contribution in [3.63, 3.8) is 0 Å². The molecule has 10 heteroatoms. The zero-order chi connectivity index (χ0) is 30.8. The highest BCUT2D eigenvalue weighted by Crippen LogP contribution is 2.33. The lowest BCUT2D eigenvalue weighted by atomic mass is 9.99. The lowest BCUT2D eigenvalue weighted by Crippen LogP contribution is -2.48. The minimum atomic E-state index is -0.418. The molecule has 0 unspecified atom stereocenters. The van der Waals surface area contributed by atoms with Gasteiger partial charge in [0.1, 0.15) is 5.82 Å². The van der Waals surface area contributed by atoms with E-state index in [1.807, 2.05) is 48.5 Å². The molecule has 4 aromatic rings. The number of carbonyl (C=O) groups excluding carboxylic acids is 2. The van der Waals surface area contributed by atoms with Crippen molar-refractivity contribution in [2.75, 3.05) is 51.7 Å². The second kappa shape index (κ2) is 12.6. The fraction of sp³-hybridized carbons (Fsp3) is 0.324. The summed E-state index contributed by atoms with van der Waals surface area (Å²) in [6, 6.07) is 19.3. The summed E-state index contributed by atoms with van der Waals surface area (Å²) in [6.45, 7) is 4.38. The van der Waals surface area contributed by atoms with Gasteiger partial charge in [-0.1, -0.05) is 18.2 Å². The fourth-order valence-corrected chi connectivity index (χ4v) is 5.49. The molecule has 2 heterocycles. The lowest BCUT2D eigenvalue weighted by molar-refractivity contribution is -0.122. The lowest BCUT2D eigenvalue weighted by Gasteiger charge is -2.32. The van der Waals surface area contributed by atoms with E-state index in [2.05, 4.69) is 27.1 Å². The number of hydrogen-bond acceptors (Lipinski definition) is 6. The van der Waals surface area contributed by atoms with Gasteiger partial charge in [0.2, 0.25) is 11.8 Å². The average molecular weight is 597 g/mol. The Bertz CT molecular complexity index is 1700. The standard InChI is InChI=1S/C34H37FN6O3/c1-39-14-16-41(17-15-39)21-30(42)40(2)27-11-9-26(10-12-27)37-32(31-28-13-8-25(35)19-29(28)38-34(31)44)24-5-3-4-22(18-24)20-36-33(43)23-6-7-23/h3-5,8-13,18-19,23,38,44H,6-7,14-17,20-21H2,1-2H3,(H,36,43). The Morgan fingerprint density at radius 2 is 1.80 bits per heavy atom. The maximum absolute atomic E-state index is 14.0. The van der Waals surface area contributed by atoms with Crippen LogP contribution < -0.4 is 10.2 Å². The van der Waals surface area contributed by atoms with Gasteiger partial charge in [-0.2, -0.15) is 0 Å². The summed E-state index contributed by atoms with van der Waals surface area (Å²) in [7, 11) is 3.87. The van der Waals surface area contributed by atoms with Crippen LogP contribution in [0.4, 0.5) is 15.8 Å². The molecule has 3 N–H and O–H groups in total. The van der Waals surface area contributed by atoms with E-state index in [1.165, 1.54) is 12.1 Å². The number of piperazine rings is 1. The van der Waals surface area contributed by atoms with Gasteiger partial charge in [-0.3, -0.25) is 14.5 Å². The molecule has 9 nitrogen and oxygen atoms in total. The molecule has 1 saturated carbocycles. The number of nitrogens with one attached hydrogen (secondary N) is 2. The molecular formula is C34H37FN6O3. The molecule has 1 aliphatic carbocycles. The number of carbonyl (C=O) groups is 2. The van der Waals surface area contributed by atoms with Gasteiger partial charge < -0.3 is 25.2 Å². The summed E-state index contributed by atoms with van der Waals surface area (Å²) >= 11 is 0. The number of hydrogen-bond donors (Lipinski definition) is 3. The highest BCUT2D eigenvalue weighted by molar-refractivity contribution is 6.22. The number of nitrogens with zero attached hydrogens (tertiary/aromatic N) is 4. The summed E-state index contributed by atoms with van der Waals surface area (Å²) in [5.41, 5.74) is 4.38. The first-order valence-electron chi connectivity index (χ1n) is 15.0. The van der Waals surface area contributed by atoms with E-state index in [0.717, 1.165) is 55.8 Å². The van der Waals surface area contributed by atoms with Crippen molar-refractivity contribution in [1.29, 1.82) is 0 Å². The monoisotopic (exact) mass is 596 g/mol. The van der Waals surface area contributed by atoms with Crippen molar-refractivity contribution in [3.8, 4) is 5.88 Å². The number of aromatic hydroxyl groups is 1. The van der Waals surface area contributed by atoms with Crippen molar-refractivity contribution < 1.29 is 19.1 Å². The van der Waals surface area contributed by atoms with Crippen LogP contribution in [0.1, 0.15) is 29.5 Å². The zero-order valence-corrected chi connectivity index (χ0v) is 25.0. The second-order valence-corrected chi connectivity index (χ2v) is 11.7. The molecule has 2 aliphatic rings. The number of benzene rings is 3. The molecule has 44 heavy (non-hydrogen) atoms. The molecule has 3 aromatic carbocycles. The van der Waals surface area contributed by atoms with Gasteiger partial charge in [0, 0.05) is 62.3 Å². The number of rotatable bonds is 9. The first-order valence-corrected chi connectivity index (χ1v) is 15.0. The van der Waals surface area contributed by atoms with E-state index < -0.39 is 5.82 Å². The third-order valence-electron chi connectivity index (χ3n) is 8.40. The van der Waals surface area contributed by atoms with E-state index >= 15 is 0 Å². The molecule has 0 atom stereocenters. The minimum absolute atomic E-state index is 0.0213. The third kappa shape index (κ3) is 6.66. The molecule has 2 amide bonds. The van der Waals surface area contributed by atoms with Crippen molar-refractivity contribution in [1.82, 2.24) is 20.1 Å². The number of aromatic amines is 1. The van der Waals surface area contributed by atoms with Crippen LogP contribution in [0, 0.1) is 11.7 Å². The van der Waals surface area contributed by atoms with E-state index in [4.69, 9.17) is 4.99 Å². The number of amides is 2. The van der Waals surface area contributed by atoms with Crippen LogP contribution in [0.15, 0.2) is 71.7 Å². The third-order valence-corrected chi connectivity index (χ3v) is 8.40. The fourth-order valence-electron chi connectivity index (χ4n) is 5.49. The van der Waals surface area contributed by atoms with Gasteiger partial charge in [0.05, 0.1) is 29.0 Å². The number of halogens is 1. The molecule has 0 spiro atoms. The predicted octanol–water partition coefficient (Wildman–Crippen LogP) is 4.42. The van der Waals surface area contributed by atoms with Crippen LogP contribution in [-0.4, -0.2) is 84.2 Å². The van der Waals surface area contributed by atoms with Crippen LogP contribution in [0.5, 0.6) is 5.88 Å². The SMILES string of the molecule is CN1CCN(CC(=O)N(C)c2ccc(N=C(c3cccc(CNC(=O)C4CC4)c3)c3c(O)[nH]c4cc(F)ccc34)cc2)CC1. The number of likely N-dealkylation sites (N-methyl/N-ethyl adjacent to an activating group) is 2. The molecule has 0 radical (unpaired) electrons. The van der Waals surface area contributed by atoms with Gasteiger partial charge in [-0.05, 0) is 74.0 Å². The summed E-state index contributed by atoms with van der Waals surface area (Å²) in [5.74, 6) is -0.342. The Morgan fingerprint density at radius 3 is 2.52 bits per heavy atom. The van der Waals surface area contributed by atoms with Crippen LogP contribution in [0.2, 0.25) is 0 Å². The minimum Gasteiger partial charge on any atom is -0.494 e. The maximum Gasteiger partial charge on any atom is 0.240 e. The van der Waals surface area contributed by atoms with E-state index in [9.17, 15) is 19.1 Å². The van der Waals surface area contributed by atoms with Gasteiger partial charge in [0.25, 0.3) is 0 Å². The Balaban J connectivity index is 1.29. The molecule has 0 bridgehead atoms. The maximum atomic E-state index is 14.0. The van der Waals surface area contributed by atoms with E-state index in [1.54, 1.807) is 18.0 Å². The van der Waals surface area contributed by atoms with Crippen LogP contribution >= 0.6 is 0 Å². The topological polar surface area (TPSA) is 104 Å². The summed E-state index contributed by atoms with van der Waals surface area (Å²) in [4.78, 5) is 39.2. The molecule has 1 saturated heterocycles. The van der Waals surface area contributed by atoms with Gasteiger partial charge in [-0.25, -0.2) is 9.38 Å². The first kappa shape index (κ1) is 29.5. The van der Waals surface area contributed by atoms with E-state index in [-0.39, 0.29) is 23.6 Å². The number of fused-ring (bicyclic) bond motifs is 1. The largest absolute Gasteiger partial charge is 0.494 e. The Kier molecular flexibility index (Phi) is 8.45. The van der Waals surface area contributed by atoms with Crippen molar-refractivity contribution >= 4 is 39.8 Å². The predicted molar refractivity (Wildman–Crippen MR) is 170 cm³/mol. The van der Waals surface area contributed by atoms with Crippen molar-refractivity contribution in [2.45, 2.75) is 19.4 Å². The normalized spacial score (nSPS) is 16.3. The van der Waals surface area contributed by atoms with E-state index in [0.29, 0.717) is 41.0 Å². The van der Waals surface area contributed by atoms with Crippen LogP contribution in [-0.2, 0) is 16.1 Å². The Hall–Kier alpha value is -4.54. The number of aliphatic imine (C=N–C) groups is 1. The van der Waals surface area contributed by atoms with Crippen molar-refractivity contribution in [2.24, 2.45) is 10.9 Å². The van der Waals surface area contributed by atoms with Gasteiger partial charge >= 0.3 is 0 Å². The number of H-pyrrole nitrogens is 1. The molecule has 1 aromatic heterocycles. The molecule has 1 aliphatic heterocycles. The molecule has 2 fully saturated rings. The van der Waals surface area contributed by atoms with Gasteiger partial charge in [0.15, 0.2) is 5.88 Å². The summed E-state index contributed by atoms with van der Waals surface area (Å²) in [5, 5.41) is 14.6. The number of anilines is 1. The molecule has 228 valence electrons. The quantitative estimate of drug-likeness (QED) is 0.248. The number of aromatic nitrogens is 1. The summed E-state index contributed by atoms with van der Waals surface area (Å²) in [6.07, 6.45) is 1.87. The molecular weight excluding hydrogens is 559 g/mol. The Labute approximate surface area is 256 Å². The van der Waals surface area contributed by atoms with Crippen molar-refractivity contribution in [3.05, 3.63) is 89.2 Å². The summed E-state index contributed by atoms with van der Waals surface area (Å²) < 4.78 is 14.0. The average Bonchev–Trinajstić information content (AvgIpc) is 3.83. The highest BCUT2D eigenvalue weighted by atomic mass is 19.1. The highest BCUT2D eigenvalue weighted by Gasteiger charge is 2.29. The van der Waals surface area contributed by atoms with Gasteiger partial charge in [-0.15, -0.1) is 0 Å². The van der Waals surface area contributed by atoms with Crippen LogP contribution in [0.25, 0.3) is 10.9 Å². The zero-order valence-electron chi connectivity index (χ0n) is 25.0.